The van der Waals surface area contributed by atoms with Crippen LogP contribution < -0.4 is 14.4 Å². The molecule has 0 aliphatic carbocycles. The summed E-state index contributed by atoms with van der Waals surface area (Å²) in [6.45, 7) is 6.50. The predicted octanol–water partition coefficient (Wildman–Crippen LogP) is 4.19. The number of hydrogen-bond donors (Lipinski definition) is 0. The van der Waals surface area contributed by atoms with Crippen molar-refractivity contribution in [3.05, 3.63) is 34.3 Å². The number of ether oxygens (including phenoxy) is 3. The SMILES string of the molecule is CCCCCN(C(=O)c1cccc2c1OCO2)c1nc(C)c(C(=O)OCC)s1. The van der Waals surface area contributed by atoms with E-state index in [-0.39, 0.29) is 19.3 Å². The second-order valence-corrected chi connectivity index (χ2v) is 7.31. The topological polar surface area (TPSA) is 78.0 Å². The second-order valence-electron chi connectivity index (χ2n) is 6.33. The first-order valence-electron chi connectivity index (χ1n) is 9.41. The fraction of sp³-hybridized carbons (Fsp3) is 0.450. The Morgan fingerprint density at radius 3 is 2.82 bits per heavy atom. The molecule has 8 heteroatoms. The highest BCUT2D eigenvalue weighted by Gasteiger charge is 2.29. The molecule has 0 spiro atoms. The van der Waals surface area contributed by atoms with Crippen molar-refractivity contribution >= 4 is 28.3 Å². The number of rotatable bonds is 8. The fourth-order valence-corrected chi connectivity index (χ4v) is 3.92. The maximum Gasteiger partial charge on any atom is 0.350 e. The van der Waals surface area contributed by atoms with Gasteiger partial charge in [0.05, 0.1) is 17.9 Å². The van der Waals surface area contributed by atoms with E-state index >= 15 is 0 Å². The normalized spacial score (nSPS) is 12.1. The smallest absolute Gasteiger partial charge is 0.350 e. The van der Waals surface area contributed by atoms with E-state index < -0.39 is 5.97 Å². The van der Waals surface area contributed by atoms with Crippen molar-refractivity contribution in [1.29, 1.82) is 0 Å². The number of nitrogens with zero attached hydrogens (tertiary/aromatic N) is 2. The van der Waals surface area contributed by atoms with Crippen LogP contribution in [0.5, 0.6) is 11.5 Å². The van der Waals surface area contributed by atoms with Gasteiger partial charge in [0.15, 0.2) is 16.6 Å². The highest BCUT2D eigenvalue weighted by Crippen LogP contribution is 2.37. The first-order valence-corrected chi connectivity index (χ1v) is 10.2. The molecule has 1 aromatic heterocycles. The van der Waals surface area contributed by atoms with E-state index in [2.05, 4.69) is 11.9 Å². The molecule has 0 fully saturated rings. The number of unbranched alkanes of at least 4 members (excludes halogenated alkanes) is 2. The fourth-order valence-electron chi connectivity index (χ4n) is 2.93. The van der Waals surface area contributed by atoms with Crippen LogP contribution in [-0.2, 0) is 4.74 Å². The Kier molecular flexibility index (Phi) is 6.51. The van der Waals surface area contributed by atoms with Gasteiger partial charge in [-0.2, -0.15) is 0 Å². The molecule has 3 rings (SSSR count). The lowest BCUT2D eigenvalue weighted by Gasteiger charge is -2.20. The Hall–Kier alpha value is -2.61. The van der Waals surface area contributed by atoms with Crippen LogP contribution in [0.3, 0.4) is 0 Å². The molecule has 0 saturated heterocycles. The third-order valence-corrected chi connectivity index (χ3v) is 5.49. The van der Waals surface area contributed by atoms with E-state index in [9.17, 15) is 9.59 Å². The summed E-state index contributed by atoms with van der Waals surface area (Å²) < 4.78 is 16.0. The molecular formula is C20H24N2O5S. The maximum absolute atomic E-state index is 13.4. The van der Waals surface area contributed by atoms with Gasteiger partial charge < -0.3 is 14.2 Å². The molecule has 1 aliphatic rings. The van der Waals surface area contributed by atoms with Crippen molar-refractivity contribution in [2.45, 2.75) is 40.0 Å². The quantitative estimate of drug-likeness (QED) is 0.485. The van der Waals surface area contributed by atoms with Crippen LogP contribution in [0.1, 0.15) is 58.8 Å². The number of aryl methyl sites for hydroxylation is 1. The van der Waals surface area contributed by atoms with Gasteiger partial charge in [-0.05, 0) is 32.4 Å². The number of esters is 1. The van der Waals surface area contributed by atoms with Crippen molar-refractivity contribution in [2.75, 3.05) is 24.8 Å². The molecule has 2 aromatic rings. The minimum Gasteiger partial charge on any atom is -0.462 e. The Balaban J connectivity index is 1.94. The first-order chi connectivity index (χ1) is 13.6. The Bertz CT molecular complexity index is 864. The Labute approximate surface area is 168 Å². The Morgan fingerprint density at radius 2 is 2.07 bits per heavy atom. The molecule has 2 heterocycles. The van der Waals surface area contributed by atoms with Crippen LogP contribution in [0.2, 0.25) is 0 Å². The van der Waals surface area contributed by atoms with Gasteiger partial charge in [-0.25, -0.2) is 9.78 Å². The van der Waals surface area contributed by atoms with Crippen molar-refractivity contribution in [2.24, 2.45) is 0 Å². The first kappa shape index (κ1) is 20.1. The summed E-state index contributed by atoms with van der Waals surface area (Å²) in [5, 5.41) is 0.484. The molecule has 0 bridgehead atoms. The molecule has 28 heavy (non-hydrogen) atoms. The monoisotopic (exact) mass is 404 g/mol. The number of para-hydroxylation sites is 1. The van der Waals surface area contributed by atoms with Crippen LogP contribution in [-0.4, -0.2) is 36.8 Å². The van der Waals surface area contributed by atoms with Crippen LogP contribution in [0.15, 0.2) is 18.2 Å². The number of amides is 1. The second kappa shape index (κ2) is 9.05. The number of fused-ring (bicyclic) bond motifs is 1. The molecule has 1 amide bonds. The lowest BCUT2D eigenvalue weighted by Crippen LogP contribution is -2.32. The summed E-state index contributed by atoms with van der Waals surface area (Å²) in [7, 11) is 0. The molecule has 7 nitrogen and oxygen atoms in total. The van der Waals surface area contributed by atoms with Gasteiger partial charge in [-0.1, -0.05) is 37.2 Å². The molecule has 0 saturated carbocycles. The number of benzene rings is 1. The molecule has 0 radical (unpaired) electrons. The predicted molar refractivity (Wildman–Crippen MR) is 107 cm³/mol. The highest BCUT2D eigenvalue weighted by molar-refractivity contribution is 7.17. The molecule has 1 aromatic carbocycles. The number of hydrogen-bond acceptors (Lipinski definition) is 7. The third kappa shape index (κ3) is 4.11. The molecule has 150 valence electrons. The Morgan fingerprint density at radius 1 is 1.25 bits per heavy atom. The van der Waals surface area contributed by atoms with Crippen LogP contribution in [0, 0.1) is 6.92 Å². The van der Waals surface area contributed by atoms with E-state index in [0.29, 0.717) is 39.3 Å². The summed E-state index contributed by atoms with van der Waals surface area (Å²) in [6, 6.07) is 5.25. The zero-order chi connectivity index (χ0) is 20.1. The average Bonchev–Trinajstić information content (AvgIpc) is 3.31. The number of carbonyl (C=O) groups is 2. The zero-order valence-electron chi connectivity index (χ0n) is 16.3. The van der Waals surface area contributed by atoms with E-state index in [4.69, 9.17) is 14.2 Å². The number of anilines is 1. The van der Waals surface area contributed by atoms with Crippen molar-refractivity contribution in [3.8, 4) is 11.5 Å². The van der Waals surface area contributed by atoms with E-state index in [0.717, 1.165) is 19.3 Å². The molecule has 0 atom stereocenters. The number of aromatic nitrogens is 1. The molecule has 1 aliphatic heterocycles. The van der Waals surface area contributed by atoms with Crippen molar-refractivity contribution in [1.82, 2.24) is 4.98 Å². The molecular weight excluding hydrogens is 380 g/mol. The lowest BCUT2D eigenvalue weighted by atomic mass is 10.1. The molecule has 0 unspecified atom stereocenters. The van der Waals surface area contributed by atoms with Crippen LogP contribution >= 0.6 is 11.3 Å². The largest absolute Gasteiger partial charge is 0.462 e. The minimum absolute atomic E-state index is 0.0961. The molecule has 0 N–H and O–H groups in total. The summed E-state index contributed by atoms with van der Waals surface area (Å²) in [5.41, 5.74) is 0.988. The summed E-state index contributed by atoms with van der Waals surface area (Å²) >= 11 is 1.18. The zero-order valence-corrected chi connectivity index (χ0v) is 17.1. The van der Waals surface area contributed by atoms with Crippen molar-refractivity contribution in [3.63, 3.8) is 0 Å². The van der Waals surface area contributed by atoms with E-state index in [1.807, 2.05) is 0 Å². The van der Waals surface area contributed by atoms with Crippen molar-refractivity contribution < 1.29 is 23.8 Å². The van der Waals surface area contributed by atoms with E-state index in [1.165, 1.54) is 11.3 Å². The van der Waals surface area contributed by atoms with Gasteiger partial charge >= 0.3 is 5.97 Å². The lowest BCUT2D eigenvalue weighted by molar-refractivity contribution is 0.0531. The van der Waals surface area contributed by atoms with Gasteiger partial charge in [0.1, 0.15) is 4.88 Å². The minimum atomic E-state index is -0.415. The summed E-state index contributed by atoms with van der Waals surface area (Å²) in [5.74, 6) is 0.374. The van der Waals surface area contributed by atoms with Gasteiger partial charge in [-0.3, -0.25) is 9.69 Å². The van der Waals surface area contributed by atoms with Crippen LogP contribution in [0.4, 0.5) is 5.13 Å². The van der Waals surface area contributed by atoms with Gasteiger partial charge in [0, 0.05) is 6.54 Å². The van der Waals surface area contributed by atoms with E-state index in [1.54, 1.807) is 36.9 Å². The third-order valence-electron chi connectivity index (χ3n) is 4.33. The van der Waals surface area contributed by atoms with Gasteiger partial charge in [-0.15, -0.1) is 0 Å². The number of carbonyl (C=O) groups excluding carboxylic acids is 2. The maximum atomic E-state index is 13.4. The summed E-state index contributed by atoms with van der Waals surface area (Å²) in [4.78, 5) is 32.0. The van der Waals surface area contributed by atoms with Gasteiger partial charge in [0.25, 0.3) is 5.91 Å². The van der Waals surface area contributed by atoms with Gasteiger partial charge in [0.2, 0.25) is 6.79 Å². The average molecular weight is 404 g/mol. The summed E-state index contributed by atoms with van der Waals surface area (Å²) in [6.07, 6.45) is 2.86. The highest BCUT2D eigenvalue weighted by atomic mass is 32.1. The van der Waals surface area contributed by atoms with Crippen LogP contribution in [0.25, 0.3) is 0 Å². The number of thiazole rings is 1. The standard InChI is InChI=1S/C20H24N2O5S/c1-4-6-7-11-22(20-21-13(3)17(28-20)19(24)25-5-2)18(23)14-9-8-10-15-16(14)27-12-26-15/h8-10H,4-7,11-12H2,1-3H3.